The minimum absolute atomic E-state index is 0.559. The summed E-state index contributed by atoms with van der Waals surface area (Å²) in [7, 11) is 6.56. The Morgan fingerprint density at radius 3 is 2.26 bits per heavy atom. The Balaban J connectivity index is 2.15. The van der Waals surface area contributed by atoms with Crippen molar-refractivity contribution in [1.29, 1.82) is 0 Å². The number of benzene rings is 1. The van der Waals surface area contributed by atoms with Crippen LogP contribution in [0.3, 0.4) is 0 Å². The molecule has 8 heteroatoms. The first-order chi connectivity index (χ1) is 13.1. The first-order valence-electron chi connectivity index (χ1n) is 8.15. The van der Waals surface area contributed by atoms with E-state index in [4.69, 9.17) is 14.2 Å². The normalized spacial score (nSPS) is 12.0. The van der Waals surface area contributed by atoms with Gasteiger partial charge in [-0.1, -0.05) is 0 Å². The SMILES string of the molecule is CN=c1scc(-c2cc(OC)c(OC)c(OC)c2)n1N=Cc1sccc1C. The smallest absolute Gasteiger partial charge is 0.205 e. The monoisotopic (exact) mass is 403 g/mol. The highest BCUT2D eigenvalue weighted by atomic mass is 32.1. The standard InChI is InChI=1S/C19H21N3O3S2/c1-12-6-7-26-17(12)10-21-22-14(11-27-19(22)20-2)13-8-15(23-3)18(25-5)16(9-13)24-4/h6-11H,1-5H3. The number of rotatable bonds is 6. The Morgan fingerprint density at radius 1 is 1.04 bits per heavy atom. The number of hydrogen-bond acceptors (Lipinski definition) is 7. The second-order valence-corrected chi connectivity index (χ2v) is 7.35. The summed E-state index contributed by atoms with van der Waals surface area (Å²) in [6.45, 7) is 2.07. The zero-order chi connectivity index (χ0) is 19.4. The lowest BCUT2D eigenvalue weighted by molar-refractivity contribution is 0.324. The molecule has 0 N–H and O–H groups in total. The molecule has 3 aromatic rings. The van der Waals surface area contributed by atoms with Crippen LogP contribution in [0.25, 0.3) is 11.3 Å². The van der Waals surface area contributed by atoms with Crippen molar-refractivity contribution >= 4 is 28.9 Å². The zero-order valence-electron chi connectivity index (χ0n) is 15.8. The Bertz CT molecular complexity index is 1010. The molecule has 0 fully saturated rings. The van der Waals surface area contributed by atoms with Gasteiger partial charge in [0, 0.05) is 18.0 Å². The number of hydrogen-bond donors (Lipinski definition) is 0. The minimum Gasteiger partial charge on any atom is -0.493 e. The lowest BCUT2D eigenvalue weighted by atomic mass is 10.1. The molecule has 6 nitrogen and oxygen atoms in total. The van der Waals surface area contributed by atoms with Crippen molar-refractivity contribution in [1.82, 2.24) is 4.68 Å². The number of thiophene rings is 1. The molecule has 142 valence electrons. The van der Waals surface area contributed by atoms with Crippen LogP contribution in [0.2, 0.25) is 0 Å². The molecule has 0 radical (unpaired) electrons. The van der Waals surface area contributed by atoms with Gasteiger partial charge in [0.05, 0.1) is 38.1 Å². The predicted molar refractivity (Wildman–Crippen MR) is 111 cm³/mol. The molecule has 27 heavy (non-hydrogen) atoms. The molecule has 2 heterocycles. The molecule has 0 amide bonds. The lowest BCUT2D eigenvalue weighted by Crippen LogP contribution is -2.11. The van der Waals surface area contributed by atoms with Crippen molar-refractivity contribution in [3.05, 3.63) is 44.2 Å². The van der Waals surface area contributed by atoms with Crippen molar-refractivity contribution in [2.45, 2.75) is 6.92 Å². The molecule has 1 aromatic carbocycles. The van der Waals surface area contributed by atoms with Gasteiger partial charge in [-0.2, -0.15) is 5.10 Å². The van der Waals surface area contributed by atoms with Crippen LogP contribution in [0.15, 0.2) is 39.1 Å². The molecule has 0 unspecified atom stereocenters. The maximum Gasteiger partial charge on any atom is 0.205 e. The first kappa shape index (κ1) is 19.2. The van der Waals surface area contributed by atoms with Crippen molar-refractivity contribution < 1.29 is 14.2 Å². The second kappa shape index (κ2) is 8.41. The average molecular weight is 404 g/mol. The molecule has 0 aliphatic carbocycles. The maximum absolute atomic E-state index is 5.48. The fourth-order valence-electron chi connectivity index (χ4n) is 2.62. The lowest BCUT2D eigenvalue weighted by Gasteiger charge is -2.14. The van der Waals surface area contributed by atoms with Crippen LogP contribution in [0.4, 0.5) is 0 Å². The summed E-state index contributed by atoms with van der Waals surface area (Å²) in [5, 5.41) is 8.75. The van der Waals surface area contributed by atoms with E-state index in [1.54, 1.807) is 39.7 Å². The van der Waals surface area contributed by atoms with E-state index >= 15 is 0 Å². The highest BCUT2D eigenvalue weighted by Crippen LogP contribution is 2.41. The van der Waals surface area contributed by atoms with Crippen LogP contribution >= 0.6 is 22.7 Å². The summed E-state index contributed by atoms with van der Waals surface area (Å²) >= 11 is 3.18. The van der Waals surface area contributed by atoms with E-state index in [0.717, 1.165) is 20.9 Å². The van der Waals surface area contributed by atoms with Crippen LogP contribution in [0.5, 0.6) is 17.2 Å². The van der Waals surface area contributed by atoms with Crippen molar-refractivity contribution in [3.8, 4) is 28.5 Å². The van der Waals surface area contributed by atoms with Gasteiger partial charge in [-0.05, 0) is 36.1 Å². The maximum atomic E-state index is 5.48. The molecular weight excluding hydrogens is 382 g/mol. The quantitative estimate of drug-likeness (QED) is 0.584. The average Bonchev–Trinajstić information content (AvgIpc) is 3.30. The van der Waals surface area contributed by atoms with Gasteiger partial charge < -0.3 is 14.2 Å². The molecule has 2 aromatic heterocycles. The zero-order valence-corrected chi connectivity index (χ0v) is 17.5. The van der Waals surface area contributed by atoms with Crippen LogP contribution in [-0.2, 0) is 0 Å². The number of ether oxygens (including phenoxy) is 3. The van der Waals surface area contributed by atoms with E-state index < -0.39 is 0 Å². The molecule has 0 spiro atoms. The van der Waals surface area contributed by atoms with E-state index in [0.29, 0.717) is 17.2 Å². The van der Waals surface area contributed by atoms with Gasteiger partial charge in [0.1, 0.15) is 0 Å². The van der Waals surface area contributed by atoms with Crippen LogP contribution in [-0.4, -0.2) is 39.3 Å². The van der Waals surface area contributed by atoms with Crippen LogP contribution in [0, 0.1) is 6.92 Å². The summed E-state index contributed by atoms with van der Waals surface area (Å²) in [4.78, 5) is 6.25. The Kier molecular flexibility index (Phi) is 5.98. The number of nitrogens with zero attached hydrogens (tertiary/aromatic N) is 3. The molecule has 0 bridgehead atoms. The summed E-state index contributed by atoms with van der Waals surface area (Å²) < 4.78 is 18.2. The van der Waals surface area contributed by atoms with E-state index in [9.17, 15) is 0 Å². The molecule has 0 aliphatic rings. The Hall–Kier alpha value is -2.58. The third-order valence-corrected chi connectivity index (χ3v) is 5.89. The topological polar surface area (TPSA) is 57.3 Å². The summed E-state index contributed by atoms with van der Waals surface area (Å²) in [5.74, 6) is 1.75. The number of thiazole rings is 1. The van der Waals surface area contributed by atoms with Gasteiger partial charge in [-0.25, -0.2) is 4.68 Å². The molecule has 0 saturated heterocycles. The van der Waals surface area contributed by atoms with Crippen LogP contribution in [0.1, 0.15) is 10.4 Å². The van der Waals surface area contributed by atoms with Gasteiger partial charge >= 0.3 is 0 Å². The summed E-state index contributed by atoms with van der Waals surface area (Å²) in [6, 6.07) is 5.89. The van der Waals surface area contributed by atoms with Gasteiger partial charge in [0.25, 0.3) is 0 Å². The fraction of sp³-hybridized carbons (Fsp3) is 0.263. The summed E-state index contributed by atoms with van der Waals surface area (Å²) in [5.41, 5.74) is 2.99. The van der Waals surface area contributed by atoms with Crippen molar-refractivity contribution in [2.75, 3.05) is 28.4 Å². The first-order valence-corrected chi connectivity index (χ1v) is 9.91. The van der Waals surface area contributed by atoms with Crippen molar-refractivity contribution in [2.24, 2.45) is 10.1 Å². The molecule has 0 atom stereocenters. The van der Waals surface area contributed by atoms with E-state index in [1.165, 1.54) is 16.9 Å². The molecular formula is C19H21N3O3S2. The molecule has 0 aliphatic heterocycles. The van der Waals surface area contributed by atoms with E-state index in [1.807, 2.05) is 28.4 Å². The largest absolute Gasteiger partial charge is 0.493 e. The summed E-state index contributed by atoms with van der Waals surface area (Å²) in [6.07, 6.45) is 1.86. The third kappa shape index (κ3) is 3.77. The Labute approximate surface area is 166 Å². The fourth-order valence-corrected chi connectivity index (χ4v) is 4.20. The predicted octanol–water partition coefficient (Wildman–Crippen LogP) is 4.03. The van der Waals surface area contributed by atoms with E-state index in [-0.39, 0.29) is 0 Å². The molecule has 3 rings (SSSR count). The number of aryl methyl sites for hydroxylation is 1. The number of aromatic nitrogens is 1. The van der Waals surface area contributed by atoms with Gasteiger partial charge in [0.2, 0.25) is 10.6 Å². The molecule has 0 saturated carbocycles. The number of methoxy groups -OCH3 is 3. The van der Waals surface area contributed by atoms with Gasteiger partial charge in [0.15, 0.2) is 11.5 Å². The van der Waals surface area contributed by atoms with Crippen LogP contribution < -0.4 is 19.0 Å². The van der Waals surface area contributed by atoms with Gasteiger partial charge in [-0.15, -0.1) is 22.7 Å². The second-order valence-electron chi connectivity index (χ2n) is 5.57. The van der Waals surface area contributed by atoms with Gasteiger partial charge in [-0.3, -0.25) is 4.99 Å². The third-order valence-electron chi connectivity index (χ3n) is 4.03. The minimum atomic E-state index is 0.559. The Morgan fingerprint density at radius 2 is 1.74 bits per heavy atom. The highest BCUT2D eigenvalue weighted by Gasteiger charge is 2.16. The highest BCUT2D eigenvalue weighted by molar-refractivity contribution is 7.11. The van der Waals surface area contributed by atoms with Crippen molar-refractivity contribution in [3.63, 3.8) is 0 Å². The van der Waals surface area contributed by atoms with E-state index in [2.05, 4.69) is 28.5 Å².